The van der Waals surface area contributed by atoms with E-state index < -0.39 is 0 Å². The van der Waals surface area contributed by atoms with E-state index in [1.54, 1.807) is 0 Å². The first-order valence-electron chi connectivity index (χ1n) is 5.93. The third-order valence-corrected chi connectivity index (χ3v) is 3.36. The third-order valence-electron chi connectivity index (χ3n) is 3.36. The molecular weight excluding hydrogens is 158 g/mol. The van der Waals surface area contributed by atoms with Gasteiger partial charge in [0.05, 0.1) is 0 Å². The molecule has 1 rings (SSSR count). The normalized spacial score (nSPS) is 21.5. The molecule has 13 heavy (non-hydrogen) atoms. The molecule has 1 unspecified atom stereocenters. The smallest absolute Gasteiger partial charge is 0.000791 e. The Balaban J connectivity index is 2.15. The van der Waals surface area contributed by atoms with Gasteiger partial charge < -0.3 is 5.32 Å². The average molecular weight is 183 g/mol. The van der Waals surface area contributed by atoms with Gasteiger partial charge in [-0.2, -0.15) is 0 Å². The van der Waals surface area contributed by atoms with E-state index in [-0.39, 0.29) is 0 Å². The largest absolute Gasteiger partial charge is 0.316 e. The molecule has 1 fully saturated rings. The number of nitrogens with one attached hydrogen (secondary N) is 1. The highest BCUT2D eigenvalue weighted by atomic mass is 14.9. The maximum Gasteiger partial charge on any atom is 0.000791 e. The summed E-state index contributed by atoms with van der Waals surface area (Å²) in [5.41, 5.74) is 0.713. The lowest BCUT2D eigenvalue weighted by Crippen LogP contribution is -2.25. The molecule has 0 aromatic rings. The highest BCUT2D eigenvalue weighted by molar-refractivity contribution is 4.95. The summed E-state index contributed by atoms with van der Waals surface area (Å²) in [4.78, 5) is 0. The Morgan fingerprint density at radius 1 is 1.31 bits per heavy atom. The highest BCUT2D eigenvalue weighted by Crippen LogP contribution is 2.50. The number of rotatable bonds is 7. The molecule has 0 heterocycles. The minimum Gasteiger partial charge on any atom is -0.316 e. The second-order valence-electron chi connectivity index (χ2n) is 4.89. The van der Waals surface area contributed by atoms with Crippen molar-refractivity contribution in [1.29, 1.82) is 0 Å². The van der Waals surface area contributed by atoms with Crippen molar-refractivity contribution in [3.05, 3.63) is 0 Å². The van der Waals surface area contributed by atoms with Crippen molar-refractivity contribution < 1.29 is 0 Å². The van der Waals surface area contributed by atoms with Crippen molar-refractivity contribution in [2.45, 2.75) is 52.9 Å². The Morgan fingerprint density at radius 3 is 2.46 bits per heavy atom. The monoisotopic (exact) mass is 183 g/mol. The van der Waals surface area contributed by atoms with Gasteiger partial charge in [0.25, 0.3) is 0 Å². The van der Waals surface area contributed by atoms with Crippen LogP contribution in [0.5, 0.6) is 0 Å². The van der Waals surface area contributed by atoms with Gasteiger partial charge in [0.1, 0.15) is 0 Å². The van der Waals surface area contributed by atoms with E-state index in [0.717, 1.165) is 5.92 Å². The molecule has 1 N–H and O–H groups in total. The van der Waals surface area contributed by atoms with Crippen molar-refractivity contribution in [3.63, 3.8) is 0 Å². The average Bonchev–Trinajstić information content (AvgIpc) is 2.86. The molecule has 0 radical (unpaired) electrons. The summed E-state index contributed by atoms with van der Waals surface area (Å²) in [5, 5.41) is 3.57. The van der Waals surface area contributed by atoms with Crippen LogP contribution in [0.1, 0.15) is 52.9 Å². The molecule has 0 spiro atoms. The fraction of sp³-hybridized carbons (Fsp3) is 1.00. The molecule has 1 atom stereocenters. The van der Waals surface area contributed by atoms with Crippen LogP contribution in [-0.4, -0.2) is 13.1 Å². The Labute approximate surface area is 83.3 Å². The van der Waals surface area contributed by atoms with Crippen molar-refractivity contribution in [3.8, 4) is 0 Å². The molecule has 0 bridgehead atoms. The quantitative estimate of drug-likeness (QED) is 0.598. The molecule has 1 aliphatic carbocycles. The first kappa shape index (κ1) is 11.0. The summed E-state index contributed by atoms with van der Waals surface area (Å²) in [5.74, 6) is 0.922. The van der Waals surface area contributed by atoms with Gasteiger partial charge in [-0.3, -0.25) is 0 Å². The molecule has 0 amide bonds. The van der Waals surface area contributed by atoms with E-state index in [0.29, 0.717) is 5.41 Å². The molecule has 0 saturated heterocycles. The highest BCUT2D eigenvalue weighted by Gasteiger charge is 2.42. The lowest BCUT2D eigenvalue weighted by Gasteiger charge is -2.19. The van der Waals surface area contributed by atoms with Crippen molar-refractivity contribution in [1.82, 2.24) is 5.32 Å². The lowest BCUT2D eigenvalue weighted by atomic mass is 9.91. The number of hydrogen-bond donors (Lipinski definition) is 1. The predicted octanol–water partition coefficient (Wildman–Crippen LogP) is 3.20. The predicted molar refractivity (Wildman–Crippen MR) is 58.9 cm³/mol. The zero-order valence-electron chi connectivity index (χ0n) is 9.53. The maximum atomic E-state index is 3.57. The van der Waals surface area contributed by atoms with Crippen LogP contribution in [-0.2, 0) is 0 Å². The van der Waals surface area contributed by atoms with Gasteiger partial charge in [-0.15, -0.1) is 0 Å². The van der Waals surface area contributed by atoms with Crippen LogP contribution in [0.4, 0.5) is 0 Å². The van der Waals surface area contributed by atoms with Crippen LogP contribution in [0.2, 0.25) is 0 Å². The molecule has 0 aliphatic heterocycles. The van der Waals surface area contributed by atoms with Gasteiger partial charge in [0.15, 0.2) is 0 Å². The zero-order valence-corrected chi connectivity index (χ0v) is 9.53. The van der Waals surface area contributed by atoms with Crippen LogP contribution in [0.15, 0.2) is 0 Å². The fourth-order valence-corrected chi connectivity index (χ4v) is 2.04. The Morgan fingerprint density at radius 2 is 2.00 bits per heavy atom. The topological polar surface area (TPSA) is 12.0 Å². The van der Waals surface area contributed by atoms with Gasteiger partial charge >= 0.3 is 0 Å². The van der Waals surface area contributed by atoms with Crippen LogP contribution >= 0.6 is 0 Å². The van der Waals surface area contributed by atoms with Gasteiger partial charge in [-0.05, 0) is 43.6 Å². The van der Waals surface area contributed by atoms with Crippen LogP contribution in [0.25, 0.3) is 0 Å². The van der Waals surface area contributed by atoms with E-state index in [1.807, 2.05) is 0 Å². The molecule has 78 valence electrons. The molecular formula is C12H25N. The standard InChI is InChI=1S/C12H25N/c1-4-8-13-10-12(6-7-12)9-11(3)5-2/h11,13H,4-10H2,1-3H3. The second kappa shape index (κ2) is 4.99. The molecule has 1 saturated carbocycles. The van der Waals surface area contributed by atoms with Crippen LogP contribution in [0.3, 0.4) is 0 Å². The van der Waals surface area contributed by atoms with E-state index >= 15 is 0 Å². The molecule has 0 aromatic carbocycles. The Bertz CT molecular complexity index is 138. The lowest BCUT2D eigenvalue weighted by molar-refractivity contribution is 0.346. The summed E-state index contributed by atoms with van der Waals surface area (Å²) in [6, 6.07) is 0. The van der Waals surface area contributed by atoms with E-state index in [9.17, 15) is 0 Å². The molecule has 0 aromatic heterocycles. The zero-order chi connectivity index (χ0) is 9.73. The first-order valence-corrected chi connectivity index (χ1v) is 5.93. The van der Waals surface area contributed by atoms with Crippen LogP contribution < -0.4 is 5.32 Å². The minimum atomic E-state index is 0.713. The van der Waals surface area contributed by atoms with Gasteiger partial charge in [0, 0.05) is 6.54 Å². The van der Waals surface area contributed by atoms with Crippen molar-refractivity contribution >= 4 is 0 Å². The van der Waals surface area contributed by atoms with E-state index in [1.165, 1.54) is 45.2 Å². The van der Waals surface area contributed by atoms with Crippen LogP contribution in [0, 0.1) is 11.3 Å². The summed E-state index contributed by atoms with van der Waals surface area (Å²) in [6.07, 6.45) is 6.98. The summed E-state index contributed by atoms with van der Waals surface area (Å²) in [7, 11) is 0. The first-order chi connectivity index (χ1) is 6.22. The third kappa shape index (κ3) is 3.68. The van der Waals surface area contributed by atoms with E-state index in [4.69, 9.17) is 0 Å². The van der Waals surface area contributed by atoms with Gasteiger partial charge in [-0.25, -0.2) is 0 Å². The van der Waals surface area contributed by atoms with Crippen molar-refractivity contribution in [2.75, 3.05) is 13.1 Å². The SMILES string of the molecule is CCCNCC1(CC(C)CC)CC1. The van der Waals surface area contributed by atoms with E-state index in [2.05, 4.69) is 26.1 Å². The van der Waals surface area contributed by atoms with Gasteiger partial charge in [-0.1, -0.05) is 27.2 Å². The molecule has 1 heteroatoms. The fourth-order valence-electron chi connectivity index (χ4n) is 2.04. The molecule has 1 nitrogen and oxygen atoms in total. The summed E-state index contributed by atoms with van der Waals surface area (Å²) < 4.78 is 0. The Hall–Kier alpha value is -0.0400. The maximum absolute atomic E-state index is 3.57. The van der Waals surface area contributed by atoms with Gasteiger partial charge in [0.2, 0.25) is 0 Å². The molecule has 1 aliphatic rings. The summed E-state index contributed by atoms with van der Waals surface area (Å²) in [6.45, 7) is 9.40. The van der Waals surface area contributed by atoms with Crippen molar-refractivity contribution in [2.24, 2.45) is 11.3 Å². The minimum absolute atomic E-state index is 0.713. The Kier molecular flexibility index (Phi) is 4.24. The summed E-state index contributed by atoms with van der Waals surface area (Å²) >= 11 is 0. The second-order valence-corrected chi connectivity index (χ2v) is 4.89. The number of hydrogen-bond acceptors (Lipinski definition) is 1.